The van der Waals surface area contributed by atoms with Gasteiger partial charge in [0.1, 0.15) is 0 Å². The summed E-state index contributed by atoms with van der Waals surface area (Å²) in [5.74, 6) is 2.61. The van der Waals surface area contributed by atoms with Gasteiger partial charge in [0.15, 0.2) is 0 Å². The second-order valence-electron chi connectivity index (χ2n) is 4.05. The summed E-state index contributed by atoms with van der Waals surface area (Å²) < 4.78 is 0. The molecule has 0 atom stereocenters. The van der Waals surface area contributed by atoms with Gasteiger partial charge in [-0.25, -0.2) is 0 Å². The molecule has 0 spiro atoms. The van der Waals surface area contributed by atoms with Crippen LogP contribution in [0.25, 0.3) is 5.70 Å². The number of hydrogen-bond donors (Lipinski definition) is 0. The third kappa shape index (κ3) is 2.83. The summed E-state index contributed by atoms with van der Waals surface area (Å²) in [6.45, 7) is 6.08. The van der Waals surface area contributed by atoms with E-state index in [4.69, 9.17) is 6.42 Å². The number of rotatable bonds is 1. The minimum Gasteiger partial charge on any atom is -0.378 e. The second-order valence-corrected chi connectivity index (χ2v) is 4.05. The predicted octanol–water partition coefficient (Wildman–Crippen LogP) is 3.21. The van der Waals surface area contributed by atoms with Crippen LogP contribution in [0.3, 0.4) is 0 Å². The first-order valence-electron chi connectivity index (χ1n) is 5.44. The molecule has 0 fully saturated rings. The summed E-state index contributed by atoms with van der Waals surface area (Å²) in [4.78, 5) is 2.04. The first-order chi connectivity index (χ1) is 8.13. The van der Waals surface area contributed by atoms with E-state index in [9.17, 15) is 0 Å². The molecule has 87 valence electrons. The topological polar surface area (TPSA) is 3.24 Å². The number of likely N-dealkylation sites (N-methyl/N-ethyl adjacent to an activating group) is 1. The maximum absolute atomic E-state index is 5.34. The Morgan fingerprint density at radius 3 is 2.44 bits per heavy atom. The minimum atomic E-state index is 0. The van der Waals surface area contributed by atoms with Gasteiger partial charge in [-0.05, 0) is 5.70 Å². The van der Waals surface area contributed by atoms with Crippen molar-refractivity contribution in [2.24, 2.45) is 0 Å². The van der Waals surface area contributed by atoms with Crippen LogP contribution < -0.4 is 0 Å². The van der Waals surface area contributed by atoms with Crippen molar-refractivity contribution >= 4 is 5.70 Å². The summed E-state index contributed by atoms with van der Waals surface area (Å²) in [5.41, 5.74) is 5.13. The van der Waals surface area contributed by atoms with E-state index in [-0.39, 0.29) is 32.7 Å². The van der Waals surface area contributed by atoms with Gasteiger partial charge in [0.2, 0.25) is 0 Å². The van der Waals surface area contributed by atoms with Gasteiger partial charge in [0.25, 0.3) is 0 Å². The maximum atomic E-state index is 5.34. The summed E-state index contributed by atoms with van der Waals surface area (Å²) >= 11 is 0. The molecule has 2 rings (SSSR count). The molecule has 0 amide bonds. The van der Waals surface area contributed by atoms with E-state index in [0.717, 1.165) is 28.1 Å². The fourth-order valence-electron chi connectivity index (χ4n) is 1.76. The first-order valence-corrected chi connectivity index (χ1v) is 5.44. The number of nitrogens with zero attached hydrogens (tertiary/aromatic N) is 1. The largest absolute Gasteiger partial charge is 0.378 e. The Bertz CT molecular complexity index is 556. The van der Waals surface area contributed by atoms with Gasteiger partial charge >= 0.3 is 0 Å². The fraction of sp³-hybridized carbons (Fsp3) is 0.125. The van der Waals surface area contributed by atoms with Crippen molar-refractivity contribution in [3.8, 4) is 12.3 Å². The zero-order valence-electron chi connectivity index (χ0n) is 10.7. The molecule has 0 saturated carbocycles. The molecular formula is C16H14NY-. The molecule has 1 aromatic carbocycles. The zero-order chi connectivity index (χ0) is 12.4. The molecule has 1 aliphatic heterocycles. The maximum Gasteiger partial charge on any atom is 0.0222 e. The summed E-state index contributed by atoms with van der Waals surface area (Å²) in [6, 6.07) is 7.89. The number of terminal acetylenes is 1. The van der Waals surface area contributed by atoms with Crippen LogP contribution in [0.5, 0.6) is 0 Å². The standard InChI is InChI=1S/C16H14N.Y/c1-5-14-7-9-15(10-8-14)16-11-6-12(2)13(3)17(16)4;/h1,6-10H,3H2,2,4H3;/q-1;. The smallest absolute Gasteiger partial charge is 0.0222 e. The van der Waals surface area contributed by atoms with Crippen molar-refractivity contribution in [2.45, 2.75) is 6.92 Å². The normalized spacial score (nSPS) is 14.3. The third-order valence-corrected chi connectivity index (χ3v) is 2.95. The predicted molar refractivity (Wildman–Crippen MR) is 71.7 cm³/mol. The average molecular weight is 309 g/mol. The SMILES string of the molecule is C#Cc1ccc(C2=[C-]C=C(C)C(=C)N2C)cc1.[Y]. The van der Waals surface area contributed by atoms with Crippen molar-refractivity contribution in [3.05, 3.63) is 65.4 Å². The van der Waals surface area contributed by atoms with E-state index in [1.807, 2.05) is 49.2 Å². The van der Waals surface area contributed by atoms with Crippen LogP contribution in [-0.4, -0.2) is 11.9 Å². The molecule has 1 aromatic rings. The molecular weight excluding hydrogens is 295 g/mol. The Hall–Kier alpha value is -1.10. The molecule has 2 heteroatoms. The van der Waals surface area contributed by atoms with E-state index in [2.05, 4.69) is 18.6 Å². The molecule has 1 heterocycles. The minimum absolute atomic E-state index is 0. The van der Waals surface area contributed by atoms with E-state index < -0.39 is 0 Å². The quantitative estimate of drug-likeness (QED) is 0.569. The van der Waals surface area contributed by atoms with Gasteiger partial charge in [-0.15, -0.1) is 24.1 Å². The van der Waals surface area contributed by atoms with Crippen molar-refractivity contribution in [1.29, 1.82) is 0 Å². The average Bonchev–Trinajstić information content (AvgIpc) is 2.36. The molecule has 0 N–H and O–H groups in total. The molecule has 18 heavy (non-hydrogen) atoms. The second kappa shape index (κ2) is 6.18. The monoisotopic (exact) mass is 309 g/mol. The Morgan fingerprint density at radius 2 is 1.89 bits per heavy atom. The number of benzene rings is 1. The Kier molecular flexibility index (Phi) is 5.14. The van der Waals surface area contributed by atoms with E-state index in [1.54, 1.807) is 0 Å². The molecule has 0 aliphatic carbocycles. The van der Waals surface area contributed by atoms with E-state index >= 15 is 0 Å². The van der Waals surface area contributed by atoms with Crippen molar-refractivity contribution < 1.29 is 32.7 Å². The molecule has 0 bridgehead atoms. The van der Waals surface area contributed by atoms with Crippen LogP contribution >= 0.6 is 0 Å². The van der Waals surface area contributed by atoms with Gasteiger partial charge in [-0.1, -0.05) is 42.8 Å². The molecule has 0 aromatic heterocycles. The van der Waals surface area contributed by atoms with E-state index in [1.165, 1.54) is 0 Å². The summed E-state index contributed by atoms with van der Waals surface area (Å²) in [6.07, 6.45) is 10.6. The number of allylic oxidation sites excluding steroid dienone is 3. The van der Waals surface area contributed by atoms with Crippen LogP contribution in [0.1, 0.15) is 18.1 Å². The van der Waals surface area contributed by atoms with Crippen LogP contribution in [0.15, 0.2) is 48.2 Å². The van der Waals surface area contributed by atoms with Gasteiger partial charge in [-0.2, -0.15) is 12.2 Å². The number of hydrogen-bond acceptors (Lipinski definition) is 1. The van der Waals surface area contributed by atoms with Crippen molar-refractivity contribution in [3.63, 3.8) is 0 Å². The fourth-order valence-corrected chi connectivity index (χ4v) is 1.76. The Balaban J connectivity index is 0.00000162. The Labute approximate surface area is 134 Å². The van der Waals surface area contributed by atoms with Gasteiger partial charge in [-0.3, -0.25) is 0 Å². The molecule has 0 unspecified atom stereocenters. The molecule has 1 radical (unpaired) electrons. The van der Waals surface area contributed by atoms with Crippen LogP contribution in [0.4, 0.5) is 0 Å². The van der Waals surface area contributed by atoms with Crippen LogP contribution in [0.2, 0.25) is 0 Å². The molecule has 1 aliphatic rings. The van der Waals surface area contributed by atoms with Gasteiger partial charge in [0.05, 0.1) is 0 Å². The van der Waals surface area contributed by atoms with E-state index in [0.29, 0.717) is 0 Å². The van der Waals surface area contributed by atoms with Gasteiger partial charge < -0.3 is 4.90 Å². The summed E-state index contributed by atoms with van der Waals surface area (Å²) in [5, 5.41) is 0. The summed E-state index contributed by atoms with van der Waals surface area (Å²) in [7, 11) is 2.00. The molecule has 1 nitrogen and oxygen atoms in total. The van der Waals surface area contributed by atoms with Crippen LogP contribution in [-0.2, 0) is 32.7 Å². The van der Waals surface area contributed by atoms with Crippen molar-refractivity contribution in [2.75, 3.05) is 7.05 Å². The first kappa shape index (κ1) is 15.0. The zero-order valence-corrected chi connectivity index (χ0v) is 13.5. The Morgan fingerprint density at radius 1 is 1.28 bits per heavy atom. The third-order valence-electron chi connectivity index (χ3n) is 2.95. The van der Waals surface area contributed by atoms with Crippen LogP contribution in [0, 0.1) is 18.4 Å². The van der Waals surface area contributed by atoms with Crippen molar-refractivity contribution in [1.82, 2.24) is 4.90 Å². The molecule has 0 saturated heterocycles. The van der Waals surface area contributed by atoms with Gasteiger partial charge in [0, 0.05) is 45.3 Å².